The van der Waals surface area contributed by atoms with Crippen LogP contribution in [0.5, 0.6) is 0 Å². The molecule has 2 aromatic heterocycles. The van der Waals surface area contributed by atoms with Crippen molar-refractivity contribution in [3.05, 3.63) is 48.8 Å². The fourth-order valence-electron chi connectivity index (χ4n) is 1.73. The molecule has 6 heteroatoms. The smallest absolute Gasteiger partial charge is 0.326 e. The highest BCUT2D eigenvalue weighted by Crippen LogP contribution is 2.10. The Balaban J connectivity index is 2.24. The molecule has 2 rings (SSSR count). The topological polar surface area (TPSA) is 83.7 Å². The molecule has 2 heterocycles. The van der Waals surface area contributed by atoms with E-state index in [9.17, 15) is 9.59 Å². The average Bonchev–Trinajstić information content (AvgIpc) is 2.81. The van der Waals surface area contributed by atoms with Crippen LogP contribution in [0.25, 0.3) is 5.52 Å². The monoisotopic (exact) mass is 259 g/mol. The van der Waals surface area contributed by atoms with Crippen LogP contribution in [-0.2, 0) is 4.79 Å². The van der Waals surface area contributed by atoms with Gasteiger partial charge in [-0.3, -0.25) is 4.79 Å². The number of carboxylic acids is 1. The summed E-state index contributed by atoms with van der Waals surface area (Å²) in [6.07, 6.45) is 4.75. The van der Waals surface area contributed by atoms with Crippen LogP contribution in [0, 0.1) is 0 Å². The van der Waals surface area contributed by atoms with Crippen molar-refractivity contribution in [3.8, 4) is 0 Å². The first-order valence-corrected chi connectivity index (χ1v) is 5.70. The lowest BCUT2D eigenvalue weighted by Crippen LogP contribution is -2.40. The maximum absolute atomic E-state index is 12.0. The summed E-state index contributed by atoms with van der Waals surface area (Å²) >= 11 is 0. The molecule has 0 spiro atoms. The first kappa shape index (κ1) is 12.8. The zero-order valence-electron chi connectivity index (χ0n) is 10.1. The summed E-state index contributed by atoms with van der Waals surface area (Å²) in [5, 5.41) is 15.5. The third kappa shape index (κ3) is 2.62. The maximum Gasteiger partial charge on any atom is 0.326 e. The quantitative estimate of drug-likeness (QED) is 0.787. The van der Waals surface area contributed by atoms with Crippen LogP contribution in [-0.4, -0.2) is 32.6 Å². The molecular weight excluding hydrogens is 246 g/mol. The SMILES string of the molecule is C=CCC(NC(=O)c1cnn2ccccc12)C(=O)O. The van der Waals surface area contributed by atoms with Gasteiger partial charge in [-0.15, -0.1) is 6.58 Å². The van der Waals surface area contributed by atoms with E-state index in [1.165, 1.54) is 12.3 Å². The van der Waals surface area contributed by atoms with Crippen LogP contribution in [0.1, 0.15) is 16.8 Å². The van der Waals surface area contributed by atoms with Gasteiger partial charge in [0.25, 0.3) is 5.91 Å². The molecule has 1 unspecified atom stereocenters. The third-order valence-corrected chi connectivity index (χ3v) is 2.68. The van der Waals surface area contributed by atoms with Gasteiger partial charge in [0, 0.05) is 6.20 Å². The fourth-order valence-corrected chi connectivity index (χ4v) is 1.73. The second-order valence-electron chi connectivity index (χ2n) is 3.98. The lowest BCUT2D eigenvalue weighted by atomic mass is 10.2. The summed E-state index contributed by atoms with van der Waals surface area (Å²) in [5.41, 5.74) is 0.971. The number of nitrogens with zero attached hydrogens (tertiary/aromatic N) is 2. The molecule has 0 saturated heterocycles. The summed E-state index contributed by atoms with van der Waals surface area (Å²) in [6.45, 7) is 3.47. The van der Waals surface area contributed by atoms with E-state index in [0.717, 1.165) is 0 Å². The molecule has 0 fully saturated rings. The van der Waals surface area contributed by atoms with Gasteiger partial charge in [-0.25, -0.2) is 9.31 Å². The van der Waals surface area contributed by atoms with Gasteiger partial charge in [0.15, 0.2) is 0 Å². The van der Waals surface area contributed by atoms with Crippen molar-refractivity contribution >= 4 is 17.4 Å². The number of pyridine rings is 1. The Morgan fingerprint density at radius 3 is 3.00 bits per heavy atom. The Morgan fingerprint density at radius 1 is 1.53 bits per heavy atom. The standard InChI is InChI=1S/C13H13N3O3/c1-2-5-10(13(18)19)15-12(17)9-8-14-16-7-4-3-6-11(9)16/h2-4,6-8,10H,1,5H2,(H,15,17)(H,18,19). The van der Waals surface area contributed by atoms with Crippen molar-refractivity contribution in [1.82, 2.24) is 14.9 Å². The number of rotatable bonds is 5. The molecule has 1 atom stereocenters. The zero-order chi connectivity index (χ0) is 13.8. The number of aromatic nitrogens is 2. The van der Waals surface area contributed by atoms with E-state index < -0.39 is 17.9 Å². The third-order valence-electron chi connectivity index (χ3n) is 2.68. The van der Waals surface area contributed by atoms with E-state index in [1.807, 2.05) is 0 Å². The fraction of sp³-hybridized carbons (Fsp3) is 0.154. The molecule has 0 aromatic carbocycles. The molecule has 2 N–H and O–H groups in total. The Kier molecular flexibility index (Phi) is 3.61. The average molecular weight is 259 g/mol. The Bertz CT molecular complexity index is 633. The lowest BCUT2D eigenvalue weighted by Gasteiger charge is -2.11. The van der Waals surface area contributed by atoms with E-state index in [1.54, 1.807) is 28.9 Å². The molecule has 0 aliphatic carbocycles. The van der Waals surface area contributed by atoms with Crippen LogP contribution >= 0.6 is 0 Å². The molecule has 0 radical (unpaired) electrons. The van der Waals surface area contributed by atoms with Crippen molar-refractivity contribution in [2.75, 3.05) is 0 Å². The predicted octanol–water partition coefficient (Wildman–Crippen LogP) is 1.09. The van der Waals surface area contributed by atoms with Crippen LogP contribution < -0.4 is 5.32 Å². The van der Waals surface area contributed by atoms with Gasteiger partial charge in [-0.05, 0) is 18.6 Å². The van der Waals surface area contributed by atoms with Crippen molar-refractivity contribution < 1.29 is 14.7 Å². The number of amides is 1. The molecule has 1 amide bonds. The number of hydrogen-bond acceptors (Lipinski definition) is 3. The van der Waals surface area contributed by atoms with Gasteiger partial charge in [0.2, 0.25) is 0 Å². The van der Waals surface area contributed by atoms with Gasteiger partial charge in [0.1, 0.15) is 6.04 Å². The van der Waals surface area contributed by atoms with Gasteiger partial charge in [-0.1, -0.05) is 12.1 Å². The Labute approximate surface area is 109 Å². The van der Waals surface area contributed by atoms with Crippen LogP contribution in [0.2, 0.25) is 0 Å². The molecule has 19 heavy (non-hydrogen) atoms. The van der Waals surface area contributed by atoms with Gasteiger partial charge in [-0.2, -0.15) is 5.10 Å². The van der Waals surface area contributed by atoms with E-state index >= 15 is 0 Å². The molecule has 2 aromatic rings. The Morgan fingerprint density at radius 2 is 2.32 bits per heavy atom. The van der Waals surface area contributed by atoms with Crippen molar-refractivity contribution in [3.63, 3.8) is 0 Å². The van der Waals surface area contributed by atoms with Crippen LogP contribution in [0.15, 0.2) is 43.2 Å². The minimum absolute atomic E-state index is 0.167. The molecule has 0 aliphatic heterocycles. The minimum atomic E-state index is -1.09. The summed E-state index contributed by atoms with van der Waals surface area (Å²) < 4.78 is 1.55. The lowest BCUT2D eigenvalue weighted by molar-refractivity contribution is -0.139. The van der Waals surface area contributed by atoms with E-state index in [0.29, 0.717) is 11.1 Å². The molecule has 0 aliphatic rings. The summed E-state index contributed by atoms with van der Waals surface area (Å²) in [7, 11) is 0. The molecule has 0 saturated carbocycles. The second-order valence-corrected chi connectivity index (χ2v) is 3.98. The molecule has 6 nitrogen and oxygen atoms in total. The van der Waals surface area contributed by atoms with E-state index in [2.05, 4.69) is 17.0 Å². The number of hydrogen-bond donors (Lipinski definition) is 2. The molecule has 0 bridgehead atoms. The van der Waals surface area contributed by atoms with Gasteiger partial charge in [0.05, 0.1) is 17.3 Å². The normalized spacial score (nSPS) is 12.0. The largest absolute Gasteiger partial charge is 0.480 e. The van der Waals surface area contributed by atoms with E-state index in [4.69, 9.17) is 5.11 Å². The highest BCUT2D eigenvalue weighted by atomic mass is 16.4. The van der Waals surface area contributed by atoms with E-state index in [-0.39, 0.29) is 6.42 Å². The Hall–Kier alpha value is -2.63. The number of aliphatic carboxylic acids is 1. The molecular formula is C13H13N3O3. The van der Waals surface area contributed by atoms with Crippen molar-refractivity contribution in [2.45, 2.75) is 12.5 Å². The number of fused-ring (bicyclic) bond motifs is 1. The first-order valence-electron chi connectivity index (χ1n) is 5.70. The summed E-state index contributed by atoms with van der Waals surface area (Å²) in [4.78, 5) is 23.0. The summed E-state index contributed by atoms with van der Waals surface area (Å²) in [6, 6.07) is 4.33. The first-order chi connectivity index (χ1) is 9.13. The number of carbonyl (C=O) groups is 2. The van der Waals surface area contributed by atoms with Crippen LogP contribution in [0.4, 0.5) is 0 Å². The number of carboxylic acid groups (broad SMARTS) is 1. The minimum Gasteiger partial charge on any atom is -0.480 e. The van der Waals surface area contributed by atoms with Gasteiger partial charge < -0.3 is 10.4 Å². The van der Waals surface area contributed by atoms with Crippen molar-refractivity contribution in [1.29, 1.82) is 0 Å². The zero-order valence-corrected chi connectivity index (χ0v) is 10.1. The van der Waals surface area contributed by atoms with Crippen molar-refractivity contribution in [2.24, 2.45) is 0 Å². The predicted molar refractivity (Wildman–Crippen MR) is 68.9 cm³/mol. The van der Waals surface area contributed by atoms with Crippen LogP contribution in [0.3, 0.4) is 0 Å². The second kappa shape index (κ2) is 5.34. The highest BCUT2D eigenvalue weighted by Gasteiger charge is 2.21. The number of nitrogens with one attached hydrogen (secondary N) is 1. The summed E-state index contributed by atoms with van der Waals surface area (Å²) in [5.74, 6) is -1.56. The highest BCUT2D eigenvalue weighted by molar-refractivity contribution is 6.02. The molecule has 98 valence electrons. The maximum atomic E-state index is 12.0. The number of carbonyl (C=O) groups excluding carboxylic acids is 1. The van der Waals surface area contributed by atoms with Gasteiger partial charge >= 0.3 is 5.97 Å².